The Morgan fingerprint density at radius 1 is 1.07 bits per heavy atom. The van der Waals surface area contributed by atoms with Gasteiger partial charge in [-0.05, 0) is 57.7 Å². The van der Waals surface area contributed by atoms with E-state index in [1.54, 1.807) is 0 Å². The van der Waals surface area contributed by atoms with Crippen LogP contribution < -0.4 is 0 Å². The van der Waals surface area contributed by atoms with Crippen LogP contribution in [-0.2, 0) is 14.3 Å². The second kappa shape index (κ2) is 7.97. The topological polar surface area (TPSA) is 65.4 Å². The molecule has 2 saturated carbocycles. The van der Waals surface area contributed by atoms with Crippen molar-refractivity contribution in [3.05, 3.63) is 53.3 Å². The van der Waals surface area contributed by atoms with E-state index in [-0.39, 0.29) is 36.1 Å². The first-order valence-electron chi connectivity index (χ1n) is 10.4. The fourth-order valence-electron chi connectivity index (χ4n) is 5.02. The Morgan fingerprint density at radius 2 is 1.72 bits per heavy atom. The van der Waals surface area contributed by atoms with Gasteiger partial charge >= 0.3 is 5.97 Å². The van der Waals surface area contributed by atoms with E-state index >= 15 is 0 Å². The lowest BCUT2D eigenvalue weighted by molar-refractivity contribution is -0.152. The minimum atomic E-state index is -0.334. The zero-order chi connectivity index (χ0) is 20.5. The molecule has 0 amide bonds. The third-order valence-corrected chi connectivity index (χ3v) is 6.47. The average Bonchev–Trinajstić information content (AvgIpc) is 3.00. The summed E-state index contributed by atoms with van der Waals surface area (Å²) in [4.78, 5) is 37.5. The molecule has 5 heteroatoms. The summed E-state index contributed by atoms with van der Waals surface area (Å²) in [6.45, 7) is 3.61. The van der Waals surface area contributed by atoms with Gasteiger partial charge in [-0.15, -0.1) is 0 Å². The Balaban J connectivity index is 1.41. The molecule has 4 rings (SSSR count). The molecule has 0 saturated heterocycles. The van der Waals surface area contributed by atoms with Gasteiger partial charge < -0.3 is 9.30 Å². The molecule has 3 atom stereocenters. The Labute approximate surface area is 171 Å². The highest BCUT2D eigenvalue weighted by Crippen LogP contribution is 2.40. The molecule has 0 radical (unpaired) electrons. The number of ether oxygens (including phenoxy) is 1. The number of nitrogens with zero attached hydrogens (tertiary/aromatic N) is 1. The molecule has 0 N–H and O–H groups in total. The van der Waals surface area contributed by atoms with Crippen LogP contribution in [-0.4, -0.2) is 28.7 Å². The smallest absolute Gasteiger partial charge is 0.309 e. The number of esters is 1. The van der Waals surface area contributed by atoms with Crippen LogP contribution in [0.25, 0.3) is 5.69 Å². The fourth-order valence-corrected chi connectivity index (χ4v) is 5.02. The summed E-state index contributed by atoms with van der Waals surface area (Å²) >= 11 is 0. The molecule has 1 unspecified atom stereocenters. The number of aromatic nitrogens is 1. The largest absolute Gasteiger partial charge is 0.457 e. The molecule has 2 aliphatic rings. The van der Waals surface area contributed by atoms with Crippen LogP contribution in [0.4, 0.5) is 0 Å². The normalized spacial score (nSPS) is 23.7. The number of hydrogen-bond donors (Lipinski definition) is 0. The molecule has 1 aromatic carbocycles. The number of carbonyl (C=O) groups excluding carboxylic acids is 3. The Hall–Kier alpha value is -2.69. The summed E-state index contributed by atoms with van der Waals surface area (Å²) in [6, 6.07) is 11.7. The van der Waals surface area contributed by atoms with Crippen molar-refractivity contribution in [2.24, 2.45) is 17.8 Å². The van der Waals surface area contributed by atoms with Gasteiger partial charge in [-0.3, -0.25) is 14.4 Å². The lowest BCUT2D eigenvalue weighted by Gasteiger charge is -2.36. The first kappa shape index (κ1) is 19.6. The molecule has 2 bridgehead atoms. The van der Waals surface area contributed by atoms with Crippen molar-refractivity contribution in [1.29, 1.82) is 0 Å². The molecule has 2 aromatic rings. The van der Waals surface area contributed by atoms with Crippen LogP contribution in [0.2, 0.25) is 0 Å². The van der Waals surface area contributed by atoms with E-state index in [9.17, 15) is 14.4 Å². The van der Waals surface area contributed by atoms with Gasteiger partial charge in [0.1, 0.15) is 5.78 Å². The maximum atomic E-state index is 12.8. The maximum Gasteiger partial charge on any atom is 0.309 e. The molecule has 2 aliphatic carbocycles. The number of para-hydroxylation sites is 1. The van der Waals surface area contributed by atoms with Crippen LogP contribution in [0, 0.1) is 31.6 Å². The van der Waals surface area contributed by atoms with E-state index in [1.807, 2.05) is 54.8 Å². The van der Waals surface area contributed by atoms with Crippen LogP contribution in [0.1, 0.15) is 53.8 Å². The molecule has 152 valence electrons. The monoisotopic (exact) mass is 393 g/mol. The molecule has 2 fully saturated rings. The quantitative estimate of drug-likeness (QED) is 0.564. The van der Waals surface area contributed by atoms with Gasteiger partial charge in [-0.2, -0.15) is 0 Å². The highest BCUT2D eigenvalue weighted by molar-refractivity contribution is 5.99. The summed E-state index contributed by atoms with van der Waals surface area (Å²) < 4.78 is 7.43. The number of carbonyl (C=O) groups is 3. The number of hydrogen-bond acceptors (Lipinski definition) is 4. The summed E-state index contributed by atoms with van der Waals surface area (Å²) in [7, 11) is 0. The van der Waals surface area contributed by atoms with Gasteiger partial charge in [-0.1, -0.05) is 24.6 Å². The van der Waals surface area contributed by atoms with Crippen molar-refractivity contribution in [3.63, 3.8) is 0 Å². The number of fused-ring (bicyclic) bond motifs is 2. The Morgan fingerprint density at radius 3 is 2.38 bits per heavy atom. The molecule has 5 nitrogen and oxygen atoms in total. The third-order valence-electron chi connectivity index (χ3n) is 6.47. The minimum absolute atomic E-state index is 0.000509. The van der Waals surface area contributed by atoms with Crippen molar-refractivity contribution in [3.8, 4) is 5.69 Å². The second-order valence-electron chi connectivity index (χ2n) is 8.38. The number of benzene rings is 1. The highest BCUT2D eigenvalue weighted by atomic mass is 16.5. The lowest BCUT2D eigenvalue weighted by atomic mass is 9.67. The van der Waals surface area contributed by atoms with Gasteiger partial charge in [0.05, 0.1) is 5.92 Å². The fraction of sp³-hybridized carbons (Fsp3) is 0.458. The van der Waals surface area contributed by atoms with Gasteiger partial charge in [0.25, 0.3) is 0 Å². The first-order chi connectivity index (χ1) is 14.0. The van der Waals surface area contributed by atoms with Gasteiger partial charge in [-0.25, -0.2) is 0 Å². The van der Waals surface area contributed by atoms with Crippen molar-refractivity contribution < 1.29 is 19.1 Å². The number of Topliss-reactive ketones (excluding diaryl/α,β-unsaturated/α-hetero) is 2. The predicted molar refractivity (Wildman–Crippen MR) is 109 cm³/mol. The Bertz CT molecular complexity index is 927. The van der Waals surface area contributed by atoms with Gasteiger partial charge in [0, 0.05) is 34.5 Å². The molecular formula is C24H27NO4. The highest BCUT2D eigenvalue weighted by Gasteiger charge is 2.41. The zero-order valence-corrected chi connectivity index (χ0v) is 17.0. The van der Waals surface area contributed by atoms with Crippen molar-refractivity contribution in [1.82, 2.24) is 4.57 Å². The maximum absolute atomic E-state index is 12.8. The van der Waals surface area contributed by atoms with E-state index in [0.717, 1.165) is 36.3 Å². The van der Waals surface area contributed by atoms with E-state index < -0.39 is 0 Å². The van der Waals surface area contributed by atoms with Gasteiger partial charge in [0.2, 0.25) is 5.78 Å². The number of ketones is 2. The summed E-state index contributed by atoms with van der Waals surface area (Å²) in [5, 5.41) is 0. The van der Waals surface area contributed by atoms with Crippen LogP contribution in [0.3, 0.4) is 0 Å². The van der Waals surface area contributed by atoms with Crippen molar-refractivity contribution in [2.75, 3.05) is 6.61 Å². The van der Waals surface area contributed by atoms with Crippen LogP contribution in [0.5, 0.6) is 0 Å². The minimum Gasteiger partial charge on any atom is -0.457 e. The summed E-state index contributed by atoms with van der Waals surface area (Å²) in [5.41, 5.74) is 3.38. The zero-order valence-electron chi connectivity index (χ0n) is 17.0. The lowest BCUT2D eigenvalue weighted by Crippen LogP contribution is -2.39. The van der Waals surface area contributed by atoms with Crippen LogP contribution >= 0.6 is 0 Å². The molecular weight excluding hydrogens is 366 g/mol. The summed E-state index contributed by atoms with van der Waals surface area (Å²) in [5.74, 6) is -0.460. The molecule has 0 spiro atoms. The van der Waals surface area contributed by atoms with Crippen molar-refractivity contribution in [2.45, 2.75) is 46.0 Å². The SMILES string of the molecule is Cc1cc(C(=O)COC(=O)C2C[C@H]3CCC[C@@H](C2)C3=O)c(C)n1-c1ccccc1. The molecule has 0 aliphatic heterocycles. The van der Waals surface area contributed by atoms with E-state index in [0.29, 0.717) is 24.2 Å². The summed E-state index contributed by atoms with van der Waals surface area (Å²) in [6.07, 6.45) is 3.97. The number of rotatable bonds is 5. The molecule has 29 heavy (non-hydrogen) atoms. The van der Waals surface area contributed by atoms with E-state index in [1.165, 1.54) is 0 Å². The Kier molecular flexibility index (Phi) is 5.39. The second-order valence-corrected chi connectivity index (χ2v) is 8.38. The first-order valence-corrected chi connectivity index (χ1v) is 10.4. The van der Waals surface area contributed by atoms with E-state index in [4.69, 9.17) is 4.74 Å². The van der Waals surface area contributed by atoms with Gasteiger partial charge in [0.15, 0.2) is 6.61 Å². The molecule has 1 heterocycles. The predicted octanol–water partition coefficient (Wildman–Crippen LogP) is 4.22. The number of aryl methyl sites for hydroxylation is 1. The molecule has 1 aromatic heterocycles. The van der Waals surface area contributed by atoms with Crippen LogP contribution in [0.15, 0.2) is 36.4 Å². The average molecular weight is 393 g/mol. The standard InChI is InChI=1S/C24H27NO4/c1-15-11-21(16(2)25(15)20-9-4-3-5-10-20)22(26)14-29-24(28)19-12-17-7-6-8-18(13-19)23(17)27/h3-5,9-11,17-19H,6-8,12-14H2,1-2H3/t17-,18+,19?. The van der Waals surface area contributed by atoms with Crippen molar-refractivity contribution >= 4 is 17.5 Å². The third kappa shape index (κ3) is 3.78. The van der Waals surface area contributed by atoms with E-state index in [2.05, 4.69) is 0 Å².